The van der Waals surface area contributed by atoms with Gasteiger partial charge in [0.05, 0.1) is 0 Å². The normalized spacial score (nSPS) is 14.5. The summed E-state index contributed by atoms with van der Waals surface area (Å²) in [6.45, 7) is 9.74. The van der Waals surface area contributed by atoms with Gasteiger partial charge in [0.2, 0.25) is 0 Å². The molecule has 0 amide bonds. The molecule has 1 heterocycles. The molecule has 0 radical (unpaired) electrons. The Bertz CT molecular complexity index is 420. The monoisotopic (exact) mass is 230 g/mol. The second-order valence-corrected chi connectivity index (χ2v) is 5.19. The summed E-state index contributed by atoms with van der Waals surface area (Å²) in [7, 11) is 2.17. The summed E-state index contributed by atoms with van der Waals surface area (Å²) in [5, 5.41) is 3.30. The summed E-state index contributed by atoms with van der Waals surface area (Å²) < 4.78 is 0. The van der Waals surface area contributed by atoms with Crippen molar-refractivity contribution in [3.63, 3.8) is 0 Å². The molecule has 17 heavy (non-hydrogen) atoms. The molecule has 1 fully saturated rings. The molecule has 1 aromatic rings. The number of benzene rings is 1. The highest BCUT2D eigenvalue weighted by Crippen LogP contribution is 2.19. The summed E-state index contributed by atoms with van der Waals surface area (Å²) in [4.78, 5) is 2.33. The van der Waals surface area contributed by atoms with E-state index in [4.69, 9.17) is 0 Å². The highest BCUT2D eigenvalue weighted by molar-refractivity contribution is 5.51. The number of hydrogen-bond acceptors (Lipinski definition) is 2. The lowest BCUT2D eigenvalue weighted by Gasteiger charge is -2.26. The average molecular weight is 230 g/mol. The quantitative estimate of drug-likeness (QED) is 0.803. The molecule has 0 aromatic heterocycles. The zero-order valence-electron chi connectivity index (χ0n) is 11.3. The average Bonchev–Trinajstić information content (AvgIpc) is 2.12. The predicted molar refractivity (Wildman–Crippen MR) is 74.8 cm³/mol. The van der Waals surface area contributed by atoms with E-state index in [1.165, 1.54) is 22.4 Å². The van der Waals surface area contributed by atoms with Crippen LogP contribution in [0, 0.1) is 13.8 Å². The van der Waals surface area contributed by atoms with Gasteiger partial charge in [-0.25, -0.2) is 0 Å². The first-order valence-electron chi connectivity index (χ1n) is 6.24. The Labute approximate surface area is 104 Å². The van der Waals surface area contributed by atoms with Crippen LogP contribution >= 0.6 is 0 Å². The number of nitrogens with one attached hydrogen (secondary N) is 1. The van der Waals surface area contributed by atoms with Gasteiger partial charge in [0.25, 0.3) is 0 Å². The maximum atomic E-state index is 3.30. The van der Waals surface area contributed by atoms with Crippen LogP contribution in [0.4, 0.5) is 5.69 Å². The van der Waals surface area contributed by atoms with Gasteiger partial charge in [-0.05, 0) is 49.6 Å². The molecule has 1 saturated heterocycles. The van der Waals surface area contributed by atoms with Gasteiger partial charge >= 0.3 is 0 Å². The van der Waals surface area contributed by atoms with E-state index in [0.717, 1.165) is 19.6 Å². The lowest BCUT2D eigenvalue weighted by atomic mass is 10.0. The van der Waals surface area contributed by atoms with Crippen molar-refractivity contribution in [1.29, 1.82) is 0 Å². The van der Waals surface area contributed by atoms with Gasteiger partial charge in [-0.15, -0.1) is 0 Å². The summed E-state index contributed by atoms with van der Waals surface area (Å²) in [6, 6.07) is 6.73. The summed E-state index contributed by atoms with van der Waals surface area (Å²) in [5.41, 5.74) is 7.06. The minimum Gasteiger partial charge on any atom is -0.371 e. The topological polar surface area (TPSA) is 15.3 Å². The standard InChI is InChI=1S/C15H22N2/c1-11-5-12(2)7-15(6-11)17(4)10-13(3)14-8-16-9-14/h5-7,16H,8-10H2,1-4H3. The fourth-order valence-electron chi connectivity index (χ4n) is 2.28. The second kappa shape index (κ2) is 4.92. The van der Waals surface area contributed by atoms with Crippen LogP contribution in [0.25, 0.3) is 0 Å². The van der Waals surface area contributed by atoms with Crippen molar-refractivity contribution in [1.82, 2.24) is 5.32 Å². The molecule has 0 spiro atoms. The molecule has 1 aliphatic rings. The lowest BCUT2D eigenvalue weighted by Crippen LogP contribution is -2.36. The van der Waals surface area contributed by atoms with Gasteiger partial charge in [0, 0.05) is 32.4 Å². The largest absolute Gasteiger partial charge is 0.371 e. The highest BCUT2D eigenvalue weighted by atomic mass is 15.1. The van der Waals surface area contributed by atoms with Crippen molar-refractivity contribution < 1.29 is 0 Å². The van der Waals surface area contributed by atoms with Crippen LogP contribution in [0.3, 0.4) is 0 Å². The van der Waals surface area contributed by atoms with Crippen LogP contribution in [-0.4, -0.2) is 26.7 Å². The summed E-state index contributed by atoms with van der Waals surface area (Å²) in [5.74, 6) is 0. The number of likely N-dealkylation sites (N-methyl/N-ethyl adjacent to an activating group) is 1. The predicted octanol–water partition coefficient (Wildman–Crippen LogP) is 2.66. The number of hydrogen-bond donors (Lipinski definition) is 1. The van der Waals surface area contributed by atoms with Gasteiger partial charge < -0.3 is 10.2 Å². The number of anilines is 1. The molecule has 0 atom stereocenters. The zero-order chi connectivity index (χ0) is 12.4. The molecular formula is C15H22N2. The van der Waals surface area contributed by atoms with Crippen molar-refractivity contribution in [2.45, 2.75) is 20.8 Å². The molecule has 0 unspecified atom stereocenters. The van der Waals surface area contributed by atoms with Crippen LogP contribution in [0.5, 0.6) is 0 Å². The summed E-state index contributed by atoms with van der Waals surface area (Å²) >= 11 is 0. The molecule has 92 valence electrons. The van der Waals surface area contributed by atoms with Crippen molar-refractivity contribution in [2.24, 2.45) is 0 Å². The smallest absolute Gasteiger partial charge is 0.0386 e. The fraction of sp³-hybridized carbons (Fsp3) is 0.467. The Balaban J connectivity index is 2.11. The van der Waals surface area contributed by atoms with Gasteiger partial charge in [-0.1, -0.05) is 11.6 Å². The molecule has 1 N–H and O–H groups in total. The van der Waals surface area contributed by atoms with E-state index in [-0.39, 0.29) is 0 Å². The maximum absolute atomic E-state index is 3.30. The van der Waals surface area contributed by atoms with Crippen LogP contribution < -0.4 is 10.2 Å². The lowest BCUT2D eigenvalue weighted by molar-refractivity contribution is 0.653. The van der Waals surface area contributed by atoms with Crippen LogP contribution in [0.1, 0.15) is 18.1 Å². The molecule has 0 bridgehead atoms. The minimum absolute atomic E-state index is 1.03. The number of nitrogens with zero attached hydrogens (tertiary/aromatic N) is 1. The Morgan fingerprint density at radius 2 is 1.76 bits per heavy atom. The van der Waals surface area contributed by atoms with E-state index < -0.39 is 0 Å². The van der Waals surface area contributed by atoms with Gasteiger partial charge in [0.1, 0.15) is 0 Å². The molecule has 0 aliphatic carbocycles. The third-order valence-electron chi connectivity index (χ3n) is 3.40. The zero-order valence-corrected chi connectivity index (χ0v) is 11.3. The number of rotatable bonds is 3. The van der Waals surface area contributed by atoms with Crippen molar-refractivity contribution >= 4 is 5.69 Å². The Hall–Kier alpha value is -1.28. The van der Waals surface area contributed by atoms with Crippen LogP contribution in [0.2, 0.25) is 0 Å². The van der Waals surface area contributed by atoms with Crippen LogP contribution in [0.15, 0.2) is 29.3 Å². The van der Waals surface area contributed by atoms with E-state index in [1.807, 2.05) is 0 Å². The highest BCUT2D eigenvalue weighted by Gasteiger charge is 2.12. The molecule has 2 heteroatoms. The number of aryl methyl sites for hydroxylation is 2. The van der Waals surface area contributed by atoms with Gasteiger partial charge in [0.15, 0.2) is 0 Å². The van der Waals surface area contributed by atoms with Gasteiger partial charge in [-0.2, -0.15) is 0 Å². The molecule has 1 aromatic carbocycles. The third kappa shape index (κ3) is 2.89. The second-order valence-electron chi connectivity index (χ2n) is 5.19. The molecule has 2 rings (SSSR count). The van der Waals surface area contributed by atoms with E-state index in [9.17, 15) is 0 Å². The van der Waals surface area contributed by atoms with Crippen molar-refractivity contribution in [3.05, 3.63) is 40.5 Å². The molecule has 1 aliphatic heterocycles. The first-order valence-corrected chi connectivity index (χ1v) is 6.24. The molecule has 0 saturated carbocycles. The SMILES string of the molecule is CC(CN(C)c1cc(C)cc(C)c1)=C1CNC1. The summed E-state index contributed by atoms with van der Waals surface area (Å²) in [6.07, 6.45) is 0. The Kier molecular flexibility index (Phi) is 3.53. The van der Waals surface area contributed by atoms with E-state index >= 15 is 0 Å². The molecule has 2 nitrogen and oxygen atoms in total. The van der Waals surface area contributed by atoms with Crippen LogP contribution in [-0.2, 0) is 0 Å². The van der Waals surface area contributed by atoms with Crippen molar-refractivity contribution in [3.8, 4) is 0 Å². The Morgan fingerprint density at radius 1 is 1.18 bits per heavy atom. The first kappa shape index (κ1) is 12.2. The van der Waals surface area contributed by atoms with Crippen molar-refractivity contribution in [2.75, 3.05) is 31.6 Å². The minimum atomic E-state index is 1.03. The Morgan fingerprint density at radius 3 is 2.24 bits per heavy atom. The van der Waals surface area contributed by atoms with E-state index in [0.29, 0.717) is 0 Å². The van der Waals surface area contributed by atoms with E-state index in [1.54, 1.807) is 5.57 Å². The third-order valence-corrected chi connectivity index (χ3v) is 3.40. The fourth-order valence-corrected chi connectivity index (χ4v) is 2.28. The van der Waals surface area contributed by atoms with E-state index in [2.05, 4.69) is 56.2 Å². The van der Waals surface area contributed by atoms with Gasteiger partial charge in [-0.3, -0.25) is 0 Å². The first-order chi connectivity index (χ1) is 8.06. The maximum Gasteiger partial charge on any atom is 0.0386 e. The molecular weight excluding hydrogens is 208 g/mol.